The van der Waals surface area contributed by atoms with Crippen molar-refractivity contribution >= 4 is 0 Å². The molecule has 0 aromatic rings. The molecule has 0 aromatic carbocycles. The van der Waals surface area contributed by atoms with E-state index in [0.29, 0.717) is 12.8 Å². The molecule has 0 saturated heterocycles. The quantitative estimate of drug-likeness (QED) is 0.357. The smallest absolute Gasteiger partial charge is 0.238 e. The van der Waals surface area contributed by atoms with Gasteiger partial charge in [0.25, 0.3) is 0 Å². The lowest BCUT2D eigenvalue weighted by Gasteiger charge is -2.15. The fraction of sp³-hybridized carbons (Fsp3) is 1.00. The van der Waals surface area contributed by atoms with Gasteiger partial charge in [0, 0.05) is 11.3 Å². The molecule has 0 radical (unpaired) electrons. The van der Waals surface area contributed by atoms with Crippen LogP contribution in [0, 0.1) is 10.1 Å². The van der Waals surface area contributed by atoms with Crippen LogP contribution in [0.3, 0.4) is 0 Å². The summed E-state index contributed by atoms with van der Waals surface area (Å²) < 4.78 is 0. The van der Waals surface area contributed by atoms with Crippen molar-refractivity contribution < 1.29 is 10.0 Å². The van der Waals surface area contributed by atoms with Crippen LogP contribution in [0.2, 0.25) is 0 Å². The minimum atomic E-state index is -0.772. The molecule has 4 heteroatoms. The fourth-order valence-corrected chi connectivity index (χ4v) is 1.88. The summed E-state index contributed by atoms with van der Waals surface area (Å²) in [4.78, 5) is 10.5. The van der Waals surface area contributed by atoms with Gasteiger partial charge in [0.05, 0.1) is 0 Å². The van der Waals surface area contributed by atoms with Crippen LogP contribution in [0.1, 0.15) is 65.2 Å². The summed E-state index contributed by atoms with van der Waals surface area (Å²) in [5, 5.41) is 20.4. The Labute approximate surface area is 98.2 Å². The summed E-state index contributed by atoms with van der Waals surface area (Å²) in [6, 6.07) is -0.762. The monoisotopic (exact) mass is 231 g/mol. The number of unbranched alkanes of at least 4 members (excludes halogenated alkanes) is 4. The van der Waals surface area contributed by atoms with E-state index in [0.717, 1.165) is 25.7 Å². The number of rotatable bonds is 10. The third kappa shape index (κ3) is 6.77. The van der Waals surface area contributed by atoms with E-state index in [-0.39, 0.29) is 4.92 Å². The highest BCUT2D eigenvalue weighted by Crippen LogP contribution is 2.14. The van der Waals surface area contributed by atoms with Crippen LogP contribution in [0.25, 0.3) is 0 Å². The average molecular weight is 231 g/mol. The van der Waals surface area contributed by atoms with Gasteiger partial charge in [-0.25, -0.2) is 0 Å². The van der Waals surface area contributed by atoms with Gasteiger partial charge in [-0.05, 0) is 12.8 Å². The largest absolute Gasteiger partial charge is 0.386 e. The van der Waals surface area contributed by atoms with Crippen LogP contribution in [0.4, 0.5) is 0 Å². The molecule has 0 spiro atoms. The summed E-state index contributed by atoms with van der Waals surface area (Å²) in [7, 11) is 0. The van der Waals surface area contributed by atoms with Gasteiger partial charge >= 0.3 is 0 Å². The molecule has 1 N–H and O–H groups in total. The van der Waals surface area contributed by atoms with Crippen LogP contribution in [0.15, 0.2) is 0 Å². The lowest BCUT2D eigenvalue weighted by molar-refractivity contribution is -0.535. The Bertz CT molecular complexity index is 185. The standard InChI is InChI=1S/C12H25NO3/c1-3-5-6-7-8-10-11(13(15)16)12(14)9-4-2/h11-12,14H,3-10H2,1-2H3/t11-,12+/m0/s1. The molecule has 0 aliphatic carbocycles. The van der Waals surface area contributed by atoms with Crippen molar-refractivity contribution in [3.63, 3.8) is 0 Å². The molecule has 0 aliphatic heterocycles. The average Bonchev–Trinajstić information content (AvgIpc) is 2.23. The molecule has 0 bridgehead atoms. The van der Waals surface area contributed by atoms with E-state index >= 15 is 0 Å². The lowest BCUT2D eigenvalue weighted by Crippen LogP contribution is -2.33. The van der Waals surface area contributed by atoms with Crippen molar-refractivity contribution in [2.45, 2.75) is 77.4 Å². The number of nitro groups is 1. The first-order valence-electron chi connectivity index (χ1n) is 6.45. The van der Waals surface area contributed by atoms with Gasteiger partial charge in [0.15, 0.2) is 0 Å². The molecule has 16 heavy (non-hydrogen) atoms. The highest BCUT2D eigenvalue weighted by atomic mass is 16.6. The topological polar surface area (TPSA) is 63.4 Å². The molecule has 2 atom stereocenters. The Morgan fingerprint density at radius 3 is 2.19 bits per heavy atom. The van der Waals surface area contributed by atoms with Crippen molar-refractivity contribution in [3.8, 4) is 0 Å². The second-order valence-electron chi connectivity index (χ2n) is 4.41. The maximum Gasteiger partial charge on any atom is 0.238 e. The minimum Gasteiger partial charge on any atom is -0.386 e. The molecule has 0 heterocycles. The Hall–Kier alpha value is -0.640. The third-order valence-electron chi connectivity index (χ3n) is 2.90. The van der Waals surface area contributed by atoms with Crippen LogP contribution < -0.4 is 0 Å². The van der Waals surface area contributed by atoms with E-state index in [1.165, 1.54) is 12.8 Å². The molecule has 0 aromatic heterocycles. The molecule has 0 aliphatic rings. The maximum absolute atomic E-state index is 10.8. The number of hydrogen-bond donors (Lipinski definition) is 1. The van der Waals surface area contributed by atoms with Gasteiger partial charge in [-0.3, -0.25) is 10.1 Å². The van der Waals surface area contributed by atoms with E-state index in [9.17, 15) is 15.2 Å². The minimum absolute atomic E-state index is 0.319. The molecule has 0 rings (SSSR count). The van der Waals surface area contributed by atoms with E-state index in [1.807, 2.05) is 6.92 Å². The summed E-state index contributed by atoms with van der Waals surface area (Å²) >= 11 is 0. The van der Waals surface area contributed by atoms with Crippen LogP contribution in [-0.2, 0) is 0 Å². The molecule has 0 amide bonds. The molecule has 96 valence electrons. The summed E-state index contributed by atoms with van der Waals surface area (Å²) in [5.41, 5.74) is 0. The van der Waals surface area contributed by atoms with Crippen molar-refractivity contribution in [3.05, 3.63) is 10.1 Å². The van der Waals surface area contributed by atoms with Crippen LogP contribution in [0.5, 0.6) is 0 Å². The predicted octanol–water partition coefficient (Wildman–Crippen LogP) is 3.15. The summed E-state index contributed by atoms with van der Waals surface area (Å²) in [5.74, 6) is 0. The Kier molecular flexibility index (Phi) is 9.19. The zero-order valence-electron chi connectivity index (χ0n) is 10.5. The zero-order chi connectivity index (χ0) is 12.4. The summed E-state index contributed by atoms with van der Waals surface area (Å²) in [6.45, 7) is 4.08. The molecular formula is C12H25NO3. The maximum atomic E-state index is 10.8. The first kappa shape index (κ1) is 15.4. The predicted molar refractivity (Wildman–Crippen MR) is 65.1 cm³/mol. The number of aliphatic hydroxyl groups excluding tert-OH is 1. The third-order valence-corrected chi connectivity index (χ3v) is 2.90. The normalized spacial score (nSPS) is 14.7. The van der Waals surface area contributed by atoms with Gasteiger partial charge in [-0.2, -0.15) is 0 Å². The lowest BCUT2D eigenvalue weighted by atomic mass is 10.00. The second-order valence-corrected chi connectivity index (χ2v) is 4.41. The first-order valence-corrected chi connectivity index (χ1v) is 6.45. The number of nitrogens with zero attached hydrogens (tertiary/aromatic N) is 1. The van der Waals surface area contributed by atoms with Crippen LogP contribution in [-0.4, -0.2) is 22.2 Å². The Morgan fingerprint density at radius 1 is 1.06 bits per heavy atom. The highest BCUT2D eigenvalue weighted by Gasteiger charge is 2.28. The van der Waals surface area contributed by atoms with Crippen molar-refractivity contribution in [2.24, 2.45) is 0 Å². The fourth-order valence-electron chi connectivity index (χ4n) is 1.88. The zero-order valence-corrected chi connectivity index (χ0v) is 10.5. The van der Waals surface area contributed by atoms with E-state index in [2.05, 4.69) is 6.92 Å². The van der Waals surface area contributed by atoms with E-state index in [1.54, 1.807) is 0 Å². The van der Waals surface area contributed by atoms with E-state index < -0.39 is 12.1 Å². The molecule has 0 saturated carbocycles. The van der Waals surface area contributed by atoms with Crippen molar-refractivity contribution in [1.29, 1.82) is 0 Å². The van der Waals surface area contributed by atoms with Gasteiger partial charge in [0.1, 0.15) is 6.10 Å². The van der Waals surface area contributed by atoms with Gasteiger partial charge in [-0.1, -0.05) is 46.0 Å². The van der Waals surface area contributed by atoms with Crippen molar-refractivity contribution in [2.75, 3.05) is 0 Å². The molecule has 0 unspecified atom stereocenters. The number of aliphatic hydroxyl groups is 1. The van der Waals surface area contributed by atoms with E-state index in [4.69, 9.17) is 0 Å². The number of hydrogen-bond acceptors (Lipinski definition) is 3. The first-order chi connectivity index (χ1) is 7.63. The molecule has 0 fully saturated rings. The molecular weight excluding hydrogens is 206 g/mol. The SMILES string of the molecule is CCCCCCC[C@@H]([C@H](O)CCC)[N+](=O)[O-]. The highest BCUT2D eigenvalue weighted by molar-refractivity contribution is 4.67. The summed E-state index contributed by atoms with van der Waals surface area (Å²) in [6.07, 6.45) is 6.47. The van der Waals surface area contributed by atoms with Gasteiger partial charge in [0.2, 0.25) is 6.04 Å². The molecule has 4 nitrogen and oxygen atoms in total. The second kappa shape index (κ2) is 9.58. The Balaban J connectivity index is 3.81. The van der Waals surface area contributed by atoms with Gasteiger partial charge < -0.3 is 5.11 Å². The van der Waals surface area contributed by atoms with Crippen LogP contribution >= 0.6 is 0 Å². The van der Waals surface area contributed by atoms with Gasteiger partial charge in [-0.15, -0.1) is 0 Å². The van der Waals surface area contributed by atoms with Crippen molar-refractivity contribution in [1.82, 2.24) is 0 Å². The Morgan fingerprint density at radius 2 is 1.69 bits per heavy atom.